The van der Waals surface area contributed by atoms with Gasteiger partial charge in [0.05, 0.1) is 0 Å². The lowest BCUT2D eigenvalue weighted by Gasteiger charge is -2.26. The molecule has 18 heavy (non-hydrogen) atoms. The summed E-state index contributed by atoms with van der Waals surface area (Å²) in [5.74, 6) is 0.155. The first-order valence-electron chi connectivity index (χ1n) is 6.33. The van der Waals surface area contributed by atoms with Crippen LogP contribution >= 0.6 is 0 Å². The zero-order chi connectivity index (χ0) is 13.9. The predicted molar refractivity (Wildman–Crippen MR) is 73.4 cm³/mol. The van der Waals surface area contributed by atoms with Crippen molar-refractivity contribution in [3.63, 3.8) is 0 Å². The minimum atomic E-state index is -0.905. The highest BCUT2D eigenvalue weighted by molar-refractivity contribution is 5.95. The van der Waals surface area contributed by atoms with Gasteiger partial charge >= 0.3 is 5.97 Å². The molecule has 4 heteroatoms. The summed E-state index contributed by atoms with van der Waals surface area (Å²) in [7, 11) is 0. The van der Waals surface area contributed by atoms with Crippen LogP contribution in [0.5, 0.6) is 0 Å². The van der Waals surface area contributed by atoms with Gasteiger partial charge in [-0.3, -0.25) is 0 Å². The maximum atomic E-state index is 11.4. The highest BCUT2D eigenvalue weighted by Crippen LogP contribution is 2.23. The molecule has 1 rings (SSSR count). The third-order valence-corrected chi connectivity index (χ3v) is 2.81. The van der Waals surface area contributed by atoms with Crippen LogP contribution in [0.1, 0.15) is 42.4 Å². The molecule has 4 nitrogen and oxygen atoms in total. The Bertz CT molecular complexity index is 442. The lowest BCUT2D eigenvalue weighted by atomic mass is 10.1. The first kappa shape index (κ1) is 14.5. The molecule has 0 aliphatic carbocycles. The number of carbonyl (C=O) groups is 1. The van der Waals surface area contributed by atoms with E-state index in [9.17, 15) is 9.90 Å². The number of aryl methyl sites for hydroxylation is 2. The lowest BCUT2D eigenvalue weighted by Crippen LogP contribution is -2.30. The van der Waals surface area contributed by atoms with Gasteiger partial charge in [-0.15, -0.1) is 0 Å². The molecule has 0 aliphatic heterocycles. The van der Waals surface area contributed by atoms with Crippen LogP contribution in [0, 0.1) is 19.8 Å². The van der Waals surface area contributed by atoms with Crippen LogP contribution in [0.3, 0.4) is 0 Å². The van der Waals surface area contributed by atoms with Crippen LogP contribution in [-0.4, -0.2) is 29.1 Å². The number of carboxylic acid groups (broad SMARTS) is 1. The van der Waals surface area contributed by atoms with E-state index in [0.29, 0.717) is 17.3 Å². The fourth-order valence-electron chi connectivity index (χ4n) is 2.12. The third-order valence-electron chi connectivity index (χ3n) is 2.81. The van der Waals surface area contributed by atoms with E-state index in [1.807, 2.05) is 31.7 Å². The van der Waals surface area contributed by atoms with Crippen molar-refractivity contribution in [3.05, 3.63) is 22.9 Å². The van der Waals surface area contributed by atoms with Crippen LogP contribution in [0.4, 0.5) is 5.82 Å². The van der Waals surface area contributed by atoms with E-state index in [1.54, 1.807) is 0 Å². The van der Waals surface area contributed by atoms with E-state index in [2.05, 4.69) is 18.8 Å². The molecule has 0 aliphatic rings. The summed E-state index contributed by atoms with van der Waals surface area (Å²) < 4.78 is 0. The van der Waals surface area contributed by atoms with E-state index >= 15 is 0 Å². The smallest absolute Gasteiger partial charge is 0.339 e. The van der Waals surface area contributed by atoms with Crippen molar-refractivity contribution >= 4 is 11.8 Å². The van der Waals surface area contributed by atoms with Crippen molar-refractivity contribution in [2.24, 2.45) is 5.92 Å². The minimum absolute atomic E-state index is 0.322. The fraction of sp³-hybridized carbons (Fsp3) is 0.571. The highest BCUT2D eigenvalue weighted by Gasteiger charge is 2.20. The van der Waals surface area contributed by atoms with Crippen molar-refractivity contribution in [1.29, 1.82) is 0 Å². The molecule has 0 spiro atoms. The standard InChI is InChI=1S/C14H22N2O2/c1-6-16(8-9(2)3)13-12(14(17)18)10(4)7-11(5)15-13/h7,9H,6,8H2,1-5H3,(H,17,18). The summed E-state index contributed by atoms with van der Waals surface area (Å²) in [5.41, 5.74) is 1.95. The topological polar surface area (TPSA) is 53.4 Å². The minimum Gasteiger partial charge on any atom is -0.478 e. The quantitative estimate of drug-likeness (QED) is 0.873. The van der Waals surface area contributed by atoms with Crippen LogP contribution in [0.15, 0.2) is 6.07 Å². The summed E-state index contributed by atoms with van der Waals surface area (Å²) in [4.78, 5) is 17.9. The van der Waals surface area contributed by atoms with Gasteiger partial charge in [0.2, 0.25) is 0 Å². The monoisotopic (exact) mass is 250 g/mol. The molecule has 0 unspecified atom stereocenters. The van der Waals surface area contributed by atoms with E-state index in [-0.39, 0.29) is 0 Å². The second-order valence-electron chi connectivity index (χ2n) is 5.02. The molecule has 0 bridgehead atoms. The molecule has 1 aromatic rings. The molecule has 0 aromatic carbocycles. The number of pyridine rings is 1. The van der Waals surface area contributed by atoms with E-state index in [1.165, 1.54) is 0 Å². The third kappa shape index (κ3) is 3.22. The Balaban J connectivity index is 3.31. The van der Waals surface area contributed by atoms with Gasteiger partial charge in [-0.25, -0.2) is 9.78 Å². The van der Waals surface area contributed by atoms with Gasteiger partial charge in [-0.05, 0) is 38.3 Å². The number of aromatic nitrogens is 1. The van der Waals surface area contributed by atoms with Crippen LogP contribution < -0.4 is 4.90 Å². The first-order valence-corrected chi connectivity index (χ1v) is 6.33. The number of anilines is 1. The maximum Gasteiger partial charge on any atom is 0.339 e. The maximum absolute atomic E-state index is 11.4. The molecule has 0 amide bonds. The molecular formula is C14H22N2O2. The summed E-state index contributed by atoms with van der Waals surface area (Å²) in [6, 6.07) is 1.82. The lowest BCUT2D eigenvalue weighted by molar-refractivity contribution is 0.0696. The Morgan fingerprint density at radius 2 is 2.06 bits per heavy atom. The van der Waals surface area contributed by atoms with Crippen molar-refractivity contribution in [1.82, 2.24) is 4.98 Å². The molecule has 0 atom stereocenters. The Labute approximate surface area is 109 Å². The van der Waals surface area contributed by atoms with Crippen molar-refractivity contribution in [3.8, 4) is 0 Å². The molecule has 100 valence electrons. The van der Waals surface area contributed by atoms with E-state index in [4.69, 9.17) is 0 Å². The fourth-order valence-corrected chi connectivity index (χ4v) is 2.12. The summed E-state index contributed by atoms with van der Waals surface area (Å²) >= 11 is 0. The van der Waals surface area contributed by atoms with Gasteiger partial charge in [-0.2, -0.15) is 0 Å². The molecule has 0 saturated carbocycles. The largest absolute Gasteiger partial charge is 0.478 e. The van der Waals surface area contributed by atoms with Crippen LogP contribution in [0.25, 0.3) is 0 Å². The van der Waals surface area contributed by atoms with Gasteiger partial charge < -0.3 is 10.0 Å². The van der Waals surface area contributed by atoms with Crippen molar-refractivity contribution in [2.75, 3.05) is 18.0 Å². The number of hydrogen-bond donors (Lipinski definition) is 1. The van der Waals surface area contributed by atoms with Crippen molar-refractivity contribution < 1.29 is 9.90 Å². The van der Waals surface area contributed by atoms with Gasteiger partial charge in [0.15, 0.2) is 0 Å². The summed E-state index contributed by atoms with van der Waals surface area (Å²) in [6.45, 7) is 11.5. The normalized spacial score (nSPS) is 10.8. The van der Waals surface area contributed by atoms with Crippen LogP contribution in [0.2, 0.25) is 0 Å². The predicted octanol–water partition coefficient (Wildman–Crippen LogP) is 2.88. The van der Waals surface area contributed by atoms with E-state index in [0.717, 1.165) is 24.3 Å². The Kier molecular flexibility index (Phi) is 4.70. The Morgan fingerprint density at radius 3 is 2.50 bits per heavy atom. The molecular weight excluding hydrogens is 228 g/mol. The molecule has 1 heterocycles. The zero-order valence-corrected chi connectivity index (χ0v) is 11.8. The SMILES string of the molecule is CCN(CC(C)C)c1nc(C)cc(C)c1C(=O)O. The average Bonchev–Trinajstić information content (AvgIpc) is 2.23. The Morgan fingerprint density at radius 1 is 1.44 bits per heavy atom. The second-order valence-corrected chi connectivity index (χ2v) is 5.02. The van der Waals surface area contributed by atoms with Gasteiger partial charge in [-0.1, -0.05) is 13.8 Å². The van der Waals surface area contributed by atoms with E-state index < -0.39 is 5.97 Å². The summed E-state index contributed by atoms with van der Waals surface area (Å²) in [6.07, 6.45) is 0. The van der Waals surface area contributed by atoms with Crippen LogP contribution in [-0.2, 0) is 0 Å². The second kappa shape index (κ2) is 5.85. The number of aromatic carboxylic acids is 1. The molecule has 0 radical (unpaired) electrons. The number of carboxylic acids is 1. The first-order chi connectivity index (χ1) is 8.36. The summed E-state index contributed by atoms with van der Waals surface area (Å²) in [5, 5.41) is 9.35. The van der Waals surface area contributed by atoms with Gasteiger partial charge in [0.25, 0.3) is 0 Å². The van der Waals surface area contributed by atoms with Gasteiger partial charge in [0, 0.05) is 18.8 Å². The molecule has 1 N–H and O–H groups in total. The zero-order valence-electron chi connectivity index (χ0n) is 11.8. The molecule has 1 aromatic heterocycles. The Hall–Kier alpha value is -1.58. The van der Waals surface area contributed by atoms with Gasteiger partial charge in [0.1, 0.15) is 11.4 Å². The van der Waals surface area contributed by atoms with Crippen molar-refractivity contribution in [2.45, 2.75) is 34.6 Å². The number of hydrogen-bond acceptors (Lipinski definition) is 3. The average molecular weight is 250 g/mol. The number of nitrogens with zero attached hydrogens (tertiary/aromatic N) is 2. The molecule has 0 fully saturated rings. The molecule has 0 saturated heterocycles. The number of rotatable bonds is 5. The highest BCUT2D eigenvalue weighted by atomic mass is 16.4.